The molecule has 5 nitrogen and oxygen atoms in total. The second kappa shape index (κ2) is 4.16. The van der Waals surface area contributed by atoms with Crippen molar-refractivity contribution in [2.45, 2.75) is 0 Å². The zero-order valence-electron chi connectivity index (χ0n) is 3.62. The number of isocyanates is 2. The van der Waals surface area contributed by atoms with E-state index < -0.39 is 8.10 Å². The topological polar surface area (TPSA) is 75.9 Å². The van der Waals surface area contributed by atoms with E-state index in [0.717, 1.165) is 12.2 Å². The molecule has 42 valence electrons. The second-order valence-corrected chi connectivity index (χ2v) is 1.70. The Kier molecular flexibility index (Phi) is 3.63. The van der Waals surface area contributed by atoms with Crippen molar-refractivity contribution in [1.82, 2.24) is 0 Å². The van der Waals surface area contributed by atoms with Crippen LogP contribution in [0.15, 0.2) is 9.53 Å². The number of hydrogen-bond acceptors (Lipinski definition) is 3. The number of hydrogen-bond donors (Lipinski definition) is 0. The smallest absolute Gasteiger partial charge is 0.274 e. The molecular formula is C2HN2O3P. The first-order valence-corrected chi connectivity index (χ1v) is 2.81. The van der Waals surface area contributed by atoms with Crippen molar-refractivity contribution >= 4 is 20.3 Å². The molecule has 0 spiro atoms. The Morgan fingerprint density at radius 3 is 1.75 bits per heavy atom. The molecule has 0 heterocycles. The summed E-state index contributed by atoms with van der Waals surface area (Å²) in [7, 11) is -2.74. The van der Waals surface area contributed by atoms with E-state index in [1.807, 2.05) is 0 Å². The lowest BCUT2D eigenvalue weighted by atomic mass is 11.7. The van der Waals surface area contributed by atoms with E-state index in [1.165, 1.54) is 0 Å². The highest BCUT2D eigenvalue weighted by atomic mass is 31.1. The van der Waals surface area contributed by atoms with Crippen LogP contribution < -0.4 is 0 Å². The Bertz CT molecular complexity index is 167. The fourth-order valence-electron chi connectivity index (χ4n) is 0.103. The lowest BCUT2D eigenvalue weighted by molar-refractivity contribution is 0.562. The first-order valence-electron chi connectivity index (χ1n) is 1.51. The Balaban J connectivity index is 4.04. The third kappa shape index (κ3) is 3.19. The maximum atomic E-state index is 9.97. The average Bonchev–Trinajstić information content (AvgIpc) is 1.68. The first-order chi connectivity index (χ1) is 3.81. The van der Waals surface area contributed by atoms with E-state index >= 15 is 0 Å². The minimum Gasteiger partial charge on any atom is -0.274 e. The summed E-state index contributed by atoms with van der Waals surface area (Å²) in [6.07, 6.45) is 1.97. The normalized spacial score (nSPS) is 10.5. The van der Waals surface area contributed by atoms with Crippen LogP contribution in [0.25, 0.3) is 0 Å². The van der Waals surface area contributed by atoms with Crippen molar-refractivity contribution in [2.75, 3.05) is 0 Å². The van der Waals surface area contributed by atoms with Gasteiger partial charge in [0, 0.05) is 0 Å². The maximum absolute atomic E-state index is 9.97. The van der Waals surface area contributed by atoms with Crippen molar-refractivity contribution in [1.29, 1.82) is 0 Å². The van der Waals surface area contributed by atoms with Gasteiger partial charge in [0.1, 0.15) is 0 Å². The molecule has 0 amide bonds. The van der Waals surface area contributed by atoms with E-state index in [4.69, 9.17) is 0 Å². The molecule has 0 aliphatic heterocycles. The molecule has 0 aliphatic carbocycles. The molecule has 0 aromatic carbocycles. The van der Waals surface area contributed by atoms with Gasteiger partial charge in [-0.05, 0) is 0 Å². The van der Waals surface area contributed by atoms with Gasteiger partial charge in [-0.25, -0.2) is 9.59 Å². The van der Waals surface area contributed by atoms with Crippen LogP contribution in [-0.2, 0) is 14.2 Å². The van der Waals surface area contributed by atoms with Crippen molar-refractivity contribution in [3.8, 4) is 0 Å². The SMILES string of the molecule is O=C=N[PH](=O)N=C=O. The molecule has 0 rings (SSSR count). The minimum atomic E-state index is -2.74. The van der Waals surface area contributed by atoms with Gasteiger partial charge in [0.2, 0.25) is 12.2 Å². The van der Waals surface area contributed by atoms with Gasteiger partial charge in [-0.3, -0.25) is 4.57 Å². The zero-order valence-corrected chi connectivity index (χ0v) is 4.62. The molecular weight excluding hydrogens is 131 g/mol. The molecule has 0 aromatic rings. The largest absolute Gasteiger partial charge is 0.308 e. The zero-order chi connectivity index (χ0) is 6.41. The highest BCUT2D eigenvalue weighted by molar-refractivity contribution is 7.41. The molecule has 6 heteroatoms. The summed E-state index contributed by atoms with van der Waals surface area (Å²) < 4.78 is 15.2. The van der Waals surface area contributed by atoms with Gasteiger partial charge in [-0.2, -0.15) is 0 Å². The molecule has 0 unspecified atom stereocenters. The number of rotatable bonds is 2. The summed E-state index contributed by atoms with van der Waals surface area (Å²) in [6.45, 7) is 0. The standard InChI is InChI=1S/C2HN2O3P/c5-1-3-8(7)4-2-6/h8H. The van der Waals surface area contributed by atoms with Crippen molar-refractivity contribution in [2.24, 2.45) is 9.53 Å². The second-order valence-electron chi connectivity index (χ2n) is 0.689. The predicted octanol–water partition coefficient (Wildman–Crippen LogP) is 0.0477. The van der Waals surface area contributed by atoms with Crippen molar-refractivity contribution < 1.29 is 14.2 Å². The molecule has 0 bridgehead atoms. The summed E-state index contributed by atoms with van der Waals surface area (Å²) in [4.78, 5) is 18.5. The first kappa shape index (κ1) is 6.99. The highest BCUT2D eigenvalue weighted by Gasteiger charge is 1.82. The fourth-order valence-corrected chi connectivity index (χ4v) is 0.309. The monoisotopic (exact) mass is 132 g/mol. The van der Waals surface area contributed by atoms with Crippen LogP contribution in [0, 0.1) is 0 Å². The average molecular weight is 132 g/mol. The van der Waals surface area contributed by atoms with Crippen LogP contribution in [0.1, 0.15) is 0 Å². The van der Waals surface area contributed by atoms with Crippen molar-refractivity contribution in [3.05, 3.63) is 0 Å². The van der Waals surface area contributed by atoms with Gasteiger partial charge in [-0.1, -0.05) is 0 Å². The Morgan fingerprint density at radius 1 is 1.12 bits per heavy atom. The number of nitrogens with zero attached hydrogens (tertiary/aromatic N) is 2. The van der Waals surface area contributed by atoms with Gasteiger partial charge < -0.3 is 0 Å². The van der Waals surface area contributed by atoms with Gasteiger partial charge >= 0.3 is 8.10 Å². The summed E-state index contributed by atoms with van der Waals surface area (Å²) in [5.74, 6) is 0. The third-order valence-electron chi connectivity index (χ3n) is 0.283. The molecule has 0 aromatic heterocycles. The summed E-state index contributed by atoms with van der Waals surface area (Å²) in [5.41, 5.74) is 0. The van der Waals surface area contributed by atoms with Gasteiger partial charge in [0.25, 0.3) is 0 Å². The minimum absolute atomic E-state index is 0.987. The fraction of sp³-hybridized carbons (Fsp3) is 0. The summed E-state index contributed by atoms with van der Waals surface area (Å²) >= 11 is 0. The molecule has 0 atom stereocenters. The lowest BCUT2D eigenvalue weighted by Crippen LogP contribution is -1.46. The van der Waals surface area contributed by atoms with E-state index in [0.29, 0.717) is 0 Å². The van der Waals surface area contributed by atoms with Crippen LogP contribution in [0.5, 0.6) is 0 Å². The maximum Gasteiger partial charge on any atom is 0.308 e. The van der Waals surface area contributed by atoms with Crippen LogP contribution in [0.4, 0.5) is 0 Å². The predicted molar refractivity (Wildman–Crippen MR) is 25.2 cm³/mol. The van der Waals surface area contributed by atoms with Crippen LogP contribution in [0.3, 0.4) is 0 Å². The third-order valence-corrected chi connectivity index (χ3v) is 0.848. The van der Waals surface area contributed by atoms with Crippen molar-refractivity contribution in [3.63, 3.8) is 0 Å². The Morgan fingerprint density at radius 2 is 1.50 bits per heavy atom. The lowest BCUT2D eigenvalue weighted by Gasteiger charge is -1.67. The van der Waals surface area contributed by atoms with Crippen LogP contribution in [0.2, 0.25) is 0 Å². The van der Waals surface area contributed by atoms with E-state index in [-0.39, 0.29) is 0 Å². The molecule has 0 fully saturated rings. The van der Waals surface area contributed by atoms with Gasteiger partial charge in [0.05, 0.1) is 0 Å². The van der Waals surface area contributed by atoms with E-state index in [9.17, 15) is 14.2 Å². The van der Waals surface area contributed by atoms with Gasteiger partial charge in [-0.15, -0.1) is 9.53 Å². The Hall–Kier alpha value is -1.01. The van der Waals surface area contributed by atoms with Crippen LogP contribution >= 0.6 is 8.10 Å². The van der Waals surface area contributed by atoms with E-state index in [1.54, 1.807) is 0 Å². The van der Waals surface area contributed by atoms with Gasteiger partial charge in [0.15, 0.2) is 0 Å². The molecule has 0 N–H and O–H groups in total. The summed E-state index contributed by atoms with van der Waals surface area (Å²) in [5, 5.41) is 0. The summed E-state index contributed by atoms with van der Waals surface area (Å²) in [6, 6.07) is 0. The molecule has 0 aliphatic rings. The molecule has 0 radical (unpaired) electrons. The molecule has 8 heavy (non-hydrogen) atoms. The molecule has 0 saturated heterocycles. The Labute approximate surface area is 45.0 Å². The molecule has 0 saturated carbocycles. The van der Waals surface area contributed by atoms with Crippen LogP contribution in [-0.4, -0.2) is 12.2 Å². The number of carbonyl (C=O) groups excluding carboxylic acids is 2. The van der Waals surface area contributed by atoms with E-state index in [2.05, 4.69) is 9.53 Å². The quantitative estimate of drug-likeness (QED) is 0.302. The highest BCUT2D eigenvalue weighted by Crippen LogP contribution is 2.20.